The van der Waals surface area contributed by atoms with Gasteiger partial charge in [-0.1, -0.05) is 41.7 Å². The lowest BCUT2D eigenvalue weighted by atomic mass is 9.88. The summed E-state index contributed by atoms with van der Waals surface area (Å²) in [5.74, 6) is -0.714. The molecular formula is C31H30N7O4-. The Hall–Kier alpha value is -5.16. The van der Waals surface area contributed by atoms with Gasteiger partial charge in [-0.15, -0.1) is 0 Å². The second kappa shape index (κ2) is 12.6. The minimum atomic E-state index is -0.658. The number of amides is 1. The van der Waals surface area contributed by atoms with E-state index in [1.165, 1.54) is 32.8 Å². The number of piperidine rings is 1. The van der Waals surface area contributed by atoms with Gasteiger partial charge in [0.25, 0.3) is 11.7 Å². The number of ketones is 1. The number of methoxy groups -OCH3 is 1. The van der Waals surface area contributed by atoms with Crippen molar-refractivity contribution >= 4 is 46.2 Å². The lowest BCUT2D eigenvalue weighted by Gasteiger charge is -2.30. The number of aromatic nitrogens is 3. The minimum Gasteiger partial charge on any atom is -0.494 e. The molecule has 0 radical (unpaired) electrons. The van der Waals surface area contributed by atoms with Gasteiger partial charge in [-0.05, 0) is 42.5 Å². The van der Waals surface area contributed by atoms with Crippen LogP contribution in [0.3, 0.4) is 0 Å². The SMILES string of the molecule is COc1cnc(N=CNC(C)=[N-])c2[nH]cc(C(=O)C(=O)N3CCC(=C(c4ccccc4)c4cncc(CO)c4)CC3)c12. The molecule has 11 heteroatoms. The second-order valence-electron chi connectivity index (χ2n) is 9.80. The van der Waals surface area contributed by atoms with Crippen molar-refractivity contribution in [3.8, 4) is 5.75 Å². The molecule has 5 rings (SSSR count). The molecule has 42 heavy (non-hydrogen) atoms. The average Bonchev–Trinajstić information content (AvgIpc) is 3.47. The van der Waals surface area contributed by atoms with Crippen LogP contribution in [0.25, 0.3) is 21.9 Å². The topological polar surface area (TPSA) is 155 Å². The smallest absolute Gasteiger partial charge is 0.295 e. The molecule has 11 nitrogen and oxygen atoms in total. The van der Waals surface area contributed by atoms with Crippen molar-refractivity contribution in [3.05, 3.63) is 94.4 Å². The van der Waals surface area contributed by atoms with Crippen LogP contribution in [0.2, 0.25) is 0 Å². The number of Topliss-reactive ketones (excluding diaryl/α,β-unsaturated/α-hetero) is 1. The summed E-state index contributed by atoms with van der Waals surface area (Å²) in [7, 11) is 1.46. The molecule has 0 atom stereocenters. The monoisotopic (exact) mass is 564 g/mol. The average molecular weight is 565 g/mol. The number of aromatic amines is 1. The van der Waals surface area contributed by atoms with Gasteiger partial charge in [-0.25, -0.2) is 9.98 Å². The normalized spacial score (nSPS) is 13.4. The van der Waals surface area contributed by atoms with E-state index in [9.17, 15) is 20.1 Å². The maximum atomic E-state index is 13.5. The largest absolute Gasteiger partial charge is 0.494 e. The Morgan fingerprint density at radius 3 is 2.62 bits per heavy atom. The van der Waals surface area contributed by atoms with Crippen molar-refractivity contribution < 1.29 is 19.4 Å². The highest BCUT2D eigenvalue weighted by atomic mass is 16.5. The van der Waals surface area contributed by atoms with Crippen molar-refractivity contribution in [2.45, 2.75) is 26.4 Å². The zero-order valence-corrected chi connectivity index (χ0v) is 23.3. The summed E-state index contributed by atoms with van der Waals surface area (Å²) < 4.78 is 5.44. The molecule has 0 unspecified atom stereocenters. The van der Waals surface area contributed by atoms with Crippen molar-refractivity contribution in [2.75, 3.05) is 20.2 Å². The molecule has 3 aromatic heterocycles. The first kappa shape index (κ1) is 28.4. The summed E-state index contributed by atoms with van der Waals surface area (Å²) in [6, 6.07) is 11.9. The number of hydrogen-bond acceptors (Lipinski definition) is 7. The zero-order chi connectivity index (χ0) is 29.6. The summed E-state index contributed by atoms with van der Waals surface area (Å²) in [6.07, 6.45) is 8.77. The van der Waals surface area contributed by atoms with E-state index < -0.39 is 11.7 Å². The van der Waals surface area contributed by atoms with E-state index >= 15 is 0 Å². The predicted octanol–water partition coefficient (Wildman–Crippen LogP) is 4.00. The third-order valence-corrected chi connectivity index (χ3v) is 7.11. The van der Waals surface area contributed by atoms with E-state index in [2.05, 4.69) is 25.3 Å². The van der Waals surface area contributed by atoms with E-state index in [-0.39, 0.29) is 23.8 Å². The van der Waals surface area contributed by atoms with Gasteiger partial charge in [0, 0.05) is 43.6 Å². The van der Waals surface area contributed by atoms with E-state index in [1.54, 1.807) is 17.3 Å². The van der Waals surface area contributed by atoms with Crippen LogP contribution >= 0.6 is 0 Å². The van der Waals surface area contributed by atoms with E-state index in [1.807, 2.05) is 36.4 Å². The Morgan fingerprint density at radius 1 is 1.17 bits per heavy atom. The standard InChI is InChI=1S/C31H30N7O4/c1-19(32)36-18-37-30-28-27(25(42-2)16-35-30)24(15-34-28)29(40)31(41)38-10-8-22(9-11-38)26(21-6-4-3-5-7-21)23-12-20(17-39)13-33-14-23/h3-7,12-16,18,39H,8-11,17H2,1-2H3,(H2-,32,34,35,36,37,40,41)/q-1. The third-order valence-electron chi connectivity index (χ3n) is 7.11. The maximum Gasteiger partial charge on any atom is 0.295 e. The first-order chi connectivity index (χ1) is 20.4. The Morgan fingerprint density at radius 2 is 1.93 bits per heavy atom. The number of nitrogens with zero attached hydrogens (tertiary/aromatic N) is 5. The number of aliphatic hydroxyl groups excluding tert-OH is 1. The molecule has 0 aliphatic carbocycles. The van der Waals surface area contributed by atoms with Crippen LogP contribution in [0.5, 0.6) is 5.75 Å². The van der Waals surface area contributed by atoms with Crippen molar-refractivity contribution in [1.82, 2.24) is 25.2 Å². The number of nitrogens with one attached hydrogen (secondary N) is 2. The number of aliphatic hydroxyl groups is 1. The highest BCUT2D eigenvalue weighted by Gasteiger charge is 2.30. The molecule has 1 amide bonds. The van der Waals surface area contributed by atoms with Gasteiger partial charge >= 0.3 is 0 Å². The second-order valence-corrected chi connectivity index (χ2v) is 9.80. The number of likely N-dealkylation sites (tertiary alicyclic amines) is 1. The quantitative estimate of drug-likeness (QED) is 0.126. The molecular weight excluding hydrogens is 534 g/mol. The predicted molar refractivity (Wildman–Crippen MR) is 161 cm³/mol. The summed E-state index contributed by atoms with van der Waals surface area (Å²) in [5, 5.41) is 22.0. The van der Waals surface area contributed by atoms with Crippen LogP contribution in [0, 0.1) is 0 Å². The Bertz CT molecular complexity index is 1700. The van der Waals surface area contributed by atoms with Gasteiger partial charge in [-0.2, -0.15) is 0 Å². The van der Waals surface area contributed by atoms with Crippen LogP contribution in [-0.2, 0) is 11.4 Å². The van der Waals surface area contributed by atoms with Gasteiger partial charge in [0.05, 0.1) is 36.4 Å². The first-order valence-corrected chi connectivity index (χ1v) is 13.4. The number of carbonyl (C=O) groups excluding carboxylic acids is 2. The number of ether oxygens (including phenoxy) is 1. The third kappa shape index (κ3) is 5.81. The van der Waals surface area contributed by atoms with Gasteiger partial charge < -0.3 is 30.5 Å². The molecule has 1 aliphatic rings. The number of fused-ring (bicyclic) bond motifs is 1. The lowest BCUT2D eigenvalue weighted by Crippen LogP contribution is -2.40. The molecule has 3 N–H and O–H groups in total. The number of hydrogen-bond donors (Lipinski definition) is 3. The fraction of sp³-hybridized carbons (Fsp3) is 0.226. The summed E-state index contributed by atoms with van der Waals surface area (Å²) >= 11 is 0. The first-order valence-electron chi connectivity index (χ1n) is 13.4. The van der Waals surface area contributed by atoms with Crippen LogP contribution in [0.4, 0.5) is 5.82 Å². The number of amidine groups is 1. The molecule has 0 saturated carbocycles. The molecule has 1 aliphatic heterocycles. The number of carbonyl (C=O) groups is 2. The van der Waals surface area contributed by atoms with Gasteiger partial charge in [0.15, 0.2) is 5.82 Å². The van der Waals surface area contributed by atoms with Crippen molar-refractivity contribution in [1.29, 1.82) is 0 Å². The fourth-order valence-electron chi connectivity index (χ4n) is 5.10. The Kier molecular flexibility index (Phi) is 8.49. The molecule has 4 aromatic rings. The van der Waals surface area contributed by atoms with Crippen molar-refractivity contribution in [3.63, 3.8) is 0 Å². The Labute approximate surface area is 242 Å². The lowest BCUT2D eigenvalue weighted by molar-refractivity contribution is -0.126. The van der Waals surface area contributed by atoms with E-state index in [0.717, 1.165) is 27.8 Å². The Balaban J connectivity index is 1.41. The van der Waals surface area contributed by atoms with Crippen LogP contribution in [0.15, 0.2) is 71.8 Å². The fourth-order valence-corrected chi connectivity index (χ4v) is 5.10. The molecule has 0 bridgehead atoms. The van der Waals surface area contributed by atoms with Crippen LogP contribution < -0.4 is 10.1 Å². The number of aliphatic imine (C=N–C) groups is 1. The van der Waals surface area contributed by atoms with E-state index in [0.29, 0.717) is 42.6 Å². The molecule has 1 fully saturated rings. The van der Waals surface area contributed by atoms with Gasteiger partial charge in [0.2, 0.25) is 0 Å². The van der Waals surface area contributed by atoms with Crippen LogP contribution in [-0.4, -0.2) is 69.0 Å². The number of rotatable bonds is 8. The van der Waals surface area contributed by atoms with E-state index in [4.69, 9.17) is 4.74 Å². The molecule has 1 aromatic carbocycles. The maximum absolute atomic E-state index is 13.5. The highest BCUT2D eigenvalue weighted by molar-refractivity contribution is 6.45. The molecule has 0 spiro atoms. The highest BCUT2D eigenvalue weighted by Crippen LogP contribution is 2.35. The number of pyridine rings is 2. The van der Waals surface area contributed by atoms with Gasteiger partial charge in [0.1, 0.15) is 5.75 Å². The number of benzene rings is 1. The molecule has 4 heterocycles. The minimum absolute atomic E-state index is 0.0396. The zero-order valence-electron chi connectivity index (χ0n) is 23.3. The summed E-state index contributed by atoms with van der Waals surface area (Å²) in [5.41, 5.74) is 5.43. The number of H-pyrrole nitrogens is 1. The molecule has 1 saturated heterocycles. The summed E-state index contributed by atoms with van der Waals surface area (Å²) in [4.78, 5) is 44.3. The van der Waals surface area contributed by atoms with Crippen molar-refractivity contribution in [2.24, 2.45) is 4.99 Å². The van der Waals surface area contributed by atoms with Crippen LogP contribution in [0.1, 0.15) is 46.8 Å². The summed E-state index contributed by atoms with van der Waals surface area (Å²) in [6.45, 7) is 2.11. The molecule has 214 valence electrons. The van der Waals surface area contributed by atoms with Gasteiger partial charge in [-0.3, -0.25) is 14.6 Å².